The number of rotatable bonds is 9. The second-order valence-electron chi connectivity index (χ2n) is 16.1. The van der Waals surface area contributed by atoms with Crippen LogP contribution in [-0.4, -0.2) is 25.9 Å². The fourth-order valence-electron chi connectivity index (χ4n) is 9.58. The fraction of sp³-hybridized carbons (Fsp3) is 0.0769. The molecule has 60 heavy (non-hydrogen) atoms. The van der Waals surface area contributed by atoms with E-state index in [2.05, 4.69) is 147 Å². The molecule has 0 saturated carbocycles. The molecule has 291 valence electrons. The summed E-state index contributed by atoms with van der Waals surface area (Å²) in [5.41, 5.74) is 16.8. The summed E-state index contributed by atoms with van der Waals surface area (Å²) in [6, 6.07) is 55.0. The normalized spacial score (nSPS) is 16.4. The Morgan fingerprint density at radius 1 is 0.417 bits per heavy atom. The molecule has 10 rings (SSSR count). The van der Waals surface area contributed by atoms with Crippen LogP contribution in [0.5, 0.6) is 0 Å². The van der Waals surface area contributed by atoms with E-state index < -0.39 is 21.5 Å². The number of pyridine rings is 4. The summed E-state index contributed by atoms with van der Waals surface area (Å²) in [5.74, 6) is -2.02. The molecule has 0 saturated heterocycles. The van der Waals surface area contributed by atoms with Crippen molar-refractivity contribution >= 4 is 46.2 Å². The number of benzene rings is 4. The molecule has 2 atom stereocenters. The summed E-state index contributed by atoms with van der Waals surface area (Å²) in [6.07, 6.45) is 12.2. The second-order valence-corrected chi connectivity index (χ2v) is 58.6. The molecule has 0 aliphatic heterocycles. The van der Waals surface area contributed by atoms with Crippen LogP contribution in [0.15, 0.2) is 183 Å². The predicted molar refractivity (Wildman–Crippen MR) is 250 cm³/mol. The molecule has 4 aromatic carbocycles. The number of fused-ring (bicyclic) bond motifs is 2. The van der Waals surface area contributed by atoms with E-state index in [-0.39, 0.29) is 7.25 Å². The number of hydrogen-bond donors (Lipinski definition) is 0. The first-order valence-electron chi connectivity index (χ1n) is 20.4. The van der Waals surface area contributed by atoms with Crippen LogP contribution in [0, 0.1) is 0 Å². The molecule has 8 heteroatoms. The van der Waals surface area contributed by atoms with Crippen LogP contribution in [0.3, 0.4) is 0 Å². The molecule has 0 spiro atoms. The molecule has 2 unspecified atom stereocenters. The number of aromatic nitrogens is 4. The first kappa shape index (κ1) is 38.8. The minimum atomic E-state index is -5.52. The fourth-order valence-corrected chi connectivity index (χ4v) is 39.6. The first-order valence-corrected chi connectivity index (χ1v) is 36.7. The van der Waals surface area contributed by atoms with Crippen molar-refractivity contribution in [1.82, 2.24) is 19.9 Å². The van der Waals surface area contributed by atoms with Crippen molar-refractivity contribution < 1.29 is 15.6 Å². The molecule has 2 aliphatic carbocycles. The standard InChI is InChI=1S/2C25H17N2.C2H7Si.2ClH.Zr/c2*1-2-8-18(9-3-1)19-14-20-15-21(24-10-4-6-12-26-24)17-23(22(20)16-19)25-11-5-7-13-27-25;1-3-2;;;/h2*1-17H;3H,1-2H3;2*1H;/q;;;;;+2/p-2. The summed E-state index contributed by atoms with van der Waals surface area (Å²) in [4.78, 5) is 19.6. The average molecular weight is 912 g/mol. The Morgan fingerprint density at radius 2 is 0.767 bits per heavy atom. The van der Waals surface area contributed by atoms with Crippen LogP contribution in [0.1, 0.15) is 40.6 Å². The van der Waals surface area contributed by atoms with Gasteiger partial charge in [-0.15, -0.1) is 0 Å². The van der Waals surface area contributed by atoms with Gasteiger partial charge in [0, 0.05) is 0 Å². The summed E-state index contributed by atoms with van der Waals surface area (Å²) in [5, 5.41) is 0. The van der Waals surface area contributed by atoms with Gasteiger partial charge >= 0.3 is 363 Å². The van der Waals surface area contributed by atoms with Crippen molar-refractivity contribution in [1.29, 1.82) is 0 Å². The molecule has 2 aliphatic rings. The van der Waals surface area contributed by atoms with Crippen LogP contribution in [0.4, 0.5) is 0 Å². The van der Waals surface area contributed by atoms with Gasteiger partial charge in [0.05, 0.1) is 0 Å². The maximum atomic E-state index is 9.17. The maximum absolute atomic E-state index is 9.17. The minimum absolute atomic E-state index is 0.259. The van der Waals surface area contributed by atoms with Crippen LogP contribution >= 0.6 is 17.0 Å². The third-order valence-electron chi connectivity index (χ3n) is 12.5. The third-order valence-corrected chi connectivity index (χ3v) is 64.0. The van der Waals surface area contributed by atoms with Gasteiger partial charge in [0.1, 0.15) is 0 Å². The van der Waals surface area contributed by atoms with E-state index in [4.69, 9.17) is 19.9 Å². The second kappa shape index (κ2) is 15.6. The Kier molecular flexibility index (Phi) is 10.1. The van der Waals surface area contributed by atoms with Gasteiger partial charge in [-0.05, 0) is 0 Å². The predicted octanol–water partition coefficient (Wildman–Crippen LogP) is 13.8. The topological polar surface area (TPSA) is 51.6 Å². The van der Waals surface area contributed by atoms with Crippen molar-refractivity contribution in [3.05, 3.63) is 216 Å². The van der Waals surface area contributed by atoms with Crippen LogP contribution in [0.25, 0.3) is 68.3 Å². The van der Waals surface area contributed by atoms with Crippen molar-refractivity contribution in [2.24, 2.45) is 0 Å². The van der Waals surface area contributed by atoms with E-state index in [1.54, 1.807) is 0 Å². The van der Waals surface area contributed by atoms with E-state index in [0.717, 1.165) is 78.4 Å². The molecular formula is C52H41Cl2N4SiZr. The molecule has 0 N–H and O–H groups in total. The molecule has 8 aromatic rings. The van der Waals surface area contributed by atoms with Gasteiger partial charge in [-0.25, -0.2) is 0 Å². The molecule has 0 amide bonds. The number of nitrogens with zero attached hydrogens (tertiary/aromatic N) is 4. The Hall–Kier alpha value is -5.36. The number of halogens is 2. The molecular weight excluding hydrogens is 871 g/mol. The molecule has 0 bridgehead atoms. The Morgan fingerprint density at radius 3 is 1.10 bits per heavy atom. The van der Waals surface area contributed by atoms with E-state index in [1.807, 2.05) is 61.2 Å². The zero-order chi connectivity index (χ0) is 40.9. The SMILES string of the molecule is C[SiH](C)[Zr]([Cl])([Cl])([CH]1C(c2ccccc2)=Cc2c(-c3ccccn3)cc(-c3ccccn3)cc21)[CH]1C(c2ccccc2)=Cc2c(-c3ccccn3)cc(-c3ccccn3)cc21. The average Bonchev–Trinajstić information content (AvgIpc) is 3.91. The Balaban J connectivity index is 1.32. The van der Waals surface area contributed by atoms with Gasteiger partial charge in [0.15, 0.2) is 0 Å². The first-order chi connectivity index (χ1) is 29.3. The molecule has 0 fully saturated rings. The van der Waals surface area contributed by atoms with Gasteiger partial charge < -0.3 is 0 Å². The van der Waals surface area contributed by atoms with Gasteiger partial charge in [-0.2, -0.15) is 0 Å². The summed E-state index contributed by atoms with van der Waals surface area (Å²) in [6.45, 7) is 4.80. The molecule has 0 radical (unpaired) electrons. The quantitative estimate of drug-likeness (QED) is 0.135. The zero-order valence-electron chi connectivity index (χ0n) is 33.3. The Labute approximate surface area is 360 Å². The van der Waals surface area contributed by atoms with Crippen LogP contribution < -0.4 is 0 Å². The van der Waals surface area contributed by atoms with E-state index in [9.17, 15) is 17.0 Å². The Bertz CT molecular complexity index is 2730. The van der Waals surface area contributed by atoms with E-state index in [1.165, 1.54) is 11.1 Å². The molecule has 4 nitrogen and oxygen atoms in total. The van der Waals surface area contributed by atoms with E-state index in [0.29, 0.717) is 0 Å². The summed E-state index contributed by atoms with van der Waals surface area (Å²) >= 11 is -5.52. The third kappa shape index (κ3) is 6.53. The van der Waals surface area contributed by atoms with Crippen LogP contribution in [-0.2, 0) is 15.6 Å². The van der Waals surface area contributed by atoms with Crippen molar-refractivity contribution in [2.45, 2.75) is 20.3 Å². The zero-order valence-corrected chi connectivity index (χ0v) is 38.4. The van der Waals surface area contributed by atoms with Crippen molar-refractivity contribution in [2.75, 3.05) is 0 Å². The van der Waals surface area contributed by atoms with Gasteiger partial charge in [0.25, 0.3) is 0 Å². The van der Waals surface area contributed by atoms with Gasteiger partial charge in [-0.1, -0.05) is 0 Å². The monoisotopic (exact) mass is 909 g/mol. The van der Waals surface area contributed by atoms with Crippen molar-refractivity contribution in [3.8, 4) is 45.0 Å². The number of allylic oxidation sites excluding steroid dienone is 2. The van der Waals surface area contributed by atoms with Crippen molar-refractivity contribution in [3.63, 3.8) is 0 Å². The summed E-state index contributed by atoms with van der Waals surface area (Å²) < 4.78 is -0.519. The van der Waals surface area contributed by atoms with Gasteiger partial charge in [-0.3, -0.25) is 0 Å². The van der Waals surface area contributed by atoms with Gasteiger partial charge in [0.2, 0.25) is 0 Å². The summed E-state index contributed by atoms with van der Waals surface area (Å²) in [7, 11) is 18.3. The van der Waals surface area contributed by atoms with E-state index >= 15 is 0 Å². The molecule has 4 heterocycles. The molecule has 4 aromatic heterocycles. The van der Waals surface area contributed by atoms with Crippen LogP contribution in [0.2, 0.25) is 13.1 Å². The number of hydrogen-bond acceptors (Lipinski definition) is 4.